The van der Waals surface area contributed by atoms with E-state index in [-0.39, 0.29) is 23.9 Å². The van der Waals surface area contributed by atoms with E-state index in [0.717, 1.165) is 16.8 Å². The maximum atomic E-state index is 12.8. The van der Waals surface area contributed by atoms with Crippen molar-refractivity contribution in [2.45, 2.75) is 39.3 Å². The molecule has 0 spiro atoms. The number of rotatable bonds is 6. The number of benzene rings is 1. The summed E-state index contributed by atoms with van der Waals surface area (Å²) in [5, 5.41) is 7.42. The van der Waals surface area contributed by atoms with Gasteiger partial charge in [-0.05, 0) is 38.0 Å². The zero-order valence-corrected chi connectivity index (χ0v) is 18.0. The molecule has 0 bridgehead atoms. The van der Waals surface area contributed by atoms with Gasteiger partial charge >= 0.3 is 0 Å². The molecule has 1 aromatic carbocycles. The topological polar surface area (TPSA) is 100 Å². The summed E-state index contributed by atoms with van der Waals surface area (Å²) in [5.41, 5.74) is 2.73. The normalized spacial score (nSPS) is 14.1. The van der Waals surface area contributed by atoms with Crippen molar-refractivity contribution in [1.82, 2.24) is 19.5 Å². The molecular weight excluding hydrogens is 412 g/mol. The number of carbonyl (C=O) groups is 1. The van der Waals surface area contributed by atoms with E-state index in [9.17, 15) is 9.59 Å². The maximum Gasteiger partial charge on any atom is 0.291 e. The Bertz CT molecular complexity index is 1370. The number of nitrogens with one attached hydrogen (secondary N) is 1. The van der Waals surface area contributed by atoms with Crippen molar-refractivity contribution in [3.8, 4) is 11.5 Å². The van der Waals surface area contributed by atoms with Crippen LogP contribution in [0.5, 0.6) is 11.5 Å². The minimum absolute atomic E-state index is 0.0848. The lowest BCUT2D eigenvalue weighted by molar-refractivity contribution is -0.121. The van der Waals surface area contributed by atoms with E-state index >= 15 is 0 Å². The number of carbonyl (C=O) groups excluding carboxylic acids is 1. The highest BCUT2D eigenvalue weighted by Crippen LogP contribution is 2.32. The number of hydrogen-bond acceptors (Lipinski definition) is 6. The van der Waals surface area contributed by atoms with Gasteiger partial charge in [0, 0.05) is 25.1 Å². The first-order valence-corrected chi connectivity index (χ1v) is 10.7. The number of fused-ring (bicyclic) bond motifs is 4. The number of amides is 1. The third-order valence-corrected chi connectivity index (χ3v) is 5.68. The van der Waals surface area contributed by atoms with Gasteiger partial charge < -0.3 is 19.2 Å². The van der Waals surface area contributed by atoms with Crippen LogP contribution in [-0.2, 0) is 11.3 Å². The van der Waals surface area contributed by atoms with E-state index in [4.69, 9.17) is 13.9 Å². The number of aryl methyl sites for hydroxylation is 2. The molecule has 0 fully saturated rings. The third kappa shape index (κ3) is 3.59. The molecule has 4 heterocycles. The third-order valence-electron chi connectivity index (χ3n) is 5.68. The van der Waals surface area contributed by atoms with Crippen LogP contribution in [0.3, 0.4) is 0 Å². The first-order valence-electron chi connectivity index (χ1n) is 10.7. The first kappa shape index (κ1) is 20.2. The highest BCUT2D eigenvalue weighted by Gasteiger charge is 2.17. The van der Waals surface area contributed by atoms with Crippen LogP contribution in [0.1, 0.15) is 37.2 Å². The van der Waals surface area contributed by atoms with Gasteiger partial charge in [0.2, 0.25) is 5.91 Å². The second-order valence-corrected chi connectivity index (χ2v) is 7.91. The van der Waals surface area contributed by atoms with Crippen molar-refractivity contribution in [2.24, 2.45) is 0 Å². The first-order chi connectivity index (χ1) is 15.5. The summed E-state index contributed by atoms with van der Waals surface area (Å²) in [6, 6.07) is 9.05. The van der Waals surface area contributed by atoms with Crippen LogP contribution in [-0.4, -0.2) is 33.3 Å². The molecule has 32 heavy (non-hydrogen) atoms. The summed E-state index contributed by atoms with van der Waals surface area (Å²) in [6.07, 6.45) is 2.38. The number of aromatic nitrogens is 3. The Morgan fingerprint density at radius 1 is 1.16 bits per heavy atom. The number of ether oxygens (including phenoxy) is 2. The van der Waals surface area contributed by atoms with E-state index < -0.39 is 0 Å². The Morgan fingerprint density at radius 2 is 1.97 bits per heavy atom. The molecule has 0 radical (unpaired) electrons. The lowest BCUT2D eigenvalue weighted by atomic mass is 10.1. The highest BCUT2D eigenvalue weighted by atomic mass is 16.6. The zero-order valence-electron chi connectivity index (χ0n) is 18.0. The molecule has 1 amide bonds. The van der Waals surface area contributed by atoms with Crippen molar-refractivity contribution < 1.29 is 18.7 Å². The van der Waals surface area contributed by atoms with Crippen LogP contribution in [0.4, 0.5) is 0 Å². The van der Waals surface area contributed by atoms with E-state index in [1.54, 1.807) is 16.7 Å². The number of hydrogen-bond donors (Lipinski definition) is 1. The van der Waals surface area contributed by atoms with Gasteiger partial charge in [-0.15, -0.1) is 0 Å². The molecule has 4 aromatic rings. The standard InChI is InChI=1S/C23H24N4O5/c1-14(16-5-6-19-21(12-16)32-11-10-31-19)24-22(28)4-3-8-26-23(29)18-13-20-17(7-9-30-20)27(18)15(2)25-26/h5-7,9,12-14H,3-4,8,10-11H2,1-2H3,(H,24,28). The molecule has 9 nitrogen and oxygen atoms in total. The molecule has 9 heteroatoms. The Balaban J connectivity index is 1.22. The average molecular weight is 436 g/mol. The van der Waals surface area contributed by atoms with Crippen LogP contribution in [0.15, 0.2) is 45.8 Å². The molecule has 1 atom stereocenters. The Kier molecular flexibility index (Phi) is 5.08. The van der Waals surface area contributed by atoms with Crippen LogP contribution in [0.2, 0.25) is 0 Å². The van der Waals surface area contributed by atoms with Gasteiger partial charge in [0.05, 0.1) is 17.8 Å². The predicted molar refractivity (Wildman–Crippen MR) is 117 cm³/mol. The molecule has 1 aliphatic rings. The second-order valence-electron chi connectivity index (χ2n) is 7.91. The Morgan fingerprint density at radius 3 is 2.81 bits per heavy atom. The number of furan rings is 1. The van der Waals surface area contributed by atoms with Crippen molar-refractivity contribution in [3.05, 3.63) is 58.3 Å². The Hall–Kier alpha value is -3.75. The fraction of sp³-hybridized carbons (Fsp3) is 0.348. The average Bonchev–Trinajstić information content (AvgIpc) is 3.38. The van der Waals surface area contributed by atoms with E-state index in [1.165, 1.54) is 4.68 Å². The van der Waals surface area contributed by atoms with Crippen LogP contribution in [0, 0.1) is 6.92 Å². The maximum absolute atomic E-state index is 12.8. The molecule has 0 saturated carbocycles. The van der Waals surface area contributed by atoms with E-state index in [0.29, 0.717) is 48.9 Å². The van der Waals surface area contributed by atoms with E-state index in [1.807, 2.05) is 38.1 Å². The largest absolute Gasteiger partial charge is 0.486 e. The molecule has 0 aliphatic carbocycles. The minimum Gasteiger partial charge on any atom is -0.486 e. The van der Waals surface area contributed by atoms with Crippen molar-refractivity contribution in [2.75, 3.05) is 13.2 Å². The smallest absolute Gasteiger partial charge is 0.291 e. The molecule has 1 unspecified atom stereocenters. The van der Waals surface area contributed by atoms with Crippen molar-refractivity contribution in [1.29, 1.82) is 0 Å². The van der Waals surface area contributed by atoms with Crippen molar-refractivity contribution >= 4 is 22.5 Å². The van der Waals surface area contributed by atoms with Gasteiger partial charge in [-0.25, -0.2) is 4.68 Å². The van der Waals surface area contributed by atoms with Gasteiger partial charge in [-0.1, -0.05) is 6.07 Å². The lowest BCUT2D eigenvalue weighted by Gasteiger charge is -2.21. The fourth-order valence-electron chi connectivity index (χ4n) is 4.10. The van der Waals surface area contributed by atoms with Crippen LogP contribution in [0.25, 0.3) is 16.6 Å². The SMILES string of the molecule is Cc1nn(CCCC(=O)NC(C)c2ccc3c(c2)OCCO3)c(=O)c2cc3occc3n12. The fourth-order valence-corrected chi connectivity index (χ4v) is 4.10. The second kappa shape index (κ2) is 8.07. The molecule has 3 aromatic heterocycles. The molecular formula is C23H24N4O5. The molecule has 1 N–H and O–H groups in total. The monoisotopic (exact) mass is 436 g/mol. The van der Waals surface area contributed by atoms with Crippen LogP contribution >= 0.6 is 0 Å². The summed E-state index contributed by atoms with van der Waals surface area (Å²) < 4.78 is 19.8. The van der Waals surface area contributed by atoms with E-state index in [2.05, 4.69) is 10.4 Å². The van der Waals surface area contributed by atoms with Gasteiger partial charge in [0.25, 0.3) is 5.56 Å². The van der Waals surface area contributed by atoms with Crippen LogP contribution < -0.4 is 20.3 Å². The number of nitrogens with zero attached hydrogens (tertiary/aromatic N) is 3. The summed E-state index contributed by atoms with van der Waals surface area (Å²) in [4.78, 5) is 25.3. The van der Waals surface area contributed by atoms with Crippen molar-refractivity contribution in [3.63, 3.8) is 0 Å². The zero-order chi connectivity index (χ0) is 22.2. The molecule has 5 rings (SSSR count). The molecule has 1 aliphatic heterocycles. The minimum atomic E-state index is -0.202. The van der Waals surface area contributed by atoms with Gasteiger partial charge in [0.15, 0.2) is 17.1 Å². The quantitative estimate of drug-likeness (QED) is 0.499. The molecule has 166 valence electrons. The summed E-state index contributed by atoms with van der Waals surface area (Å²) in [6.45, 7) is 5.19. The Labute approximate surface area is 183 Å². The summed E-state index contributed by atoms with van der Waals surface area (Å²) in [7, 11) is 0. The lowest BCUT2D eigenvalue weighted by Crippen LogP contribution is -2.29. The van der Waals surface area contributed by atoms with Gasteiger partial charge in [-0.3, -0.25) is 14.0 Å². The predicted octanol–water partition coefficient (Wildman–Crippen LogP) is 2.98. The summed E-state index contributed by atoms with van der Waals surface area (Å²) >= 11 is 0. The van der Waals surface area contributed by atoms with Gasteiger partial charge in [-0.2, -0.15) is 5.10 Å². The molecule has 0 saturated heterocycles. The highest BCUT2D eigenvalue weighted by molar-refractivity contribution is 5.82. The summed E-state index contributed by atoms with van der Waals surface area (Å²) in [5.74, 6) is 2.02. The van der Waals surface area contributed by atoms with Gasteiger partial charge in [0.1, 0.15) is 24.6 Å².